The molecule has 1 heterocycles. The molecule has 1 saturated heterocycles. The van der Waals surface area contributed by atoms with Gasteiger partial charge in [-0.05, 0) is 43.6 Å². The molecule has 1 fully saturated rings. The molecule has 0 radical (unpaired) electrons. The van der Waals surface area contributed by atoms with Crippen LogP contribution < -0.4 is 10.6 Å². The largest absolute Gasteiger partial charge is 0.375 e. The number of hydrogen-bond acceptors (Lipinski definition) is 3. The maximum Gasteiger partial charge on any atom is 0.146 e. The molecule has 0 saturated carbocycles. The van der Waals surface area contributed by atoms with Gasteiger partial charge < -0.3 is 10.6 Å². The molecule has 0 aromatic heterocycles. The van der Waals surface area contributed by atoms with Crippen LogP contribution in [-0.4, -0.2) is 39.1 Å². The van der Waals surface area contributed by atoms with E-state index in [1.54, 1.807) is 11.0 Å². The van der Waals surface area contributed by atoms with Crippen LogP contribution in [0.2, 0.25) is 0 Å². The summed E-state index contributed by atoms with van der Waals surface area (Å²) < 4.78 is 14.0. The van der Waals surface area contributed by atoms with Crippen LogP contribution in [0.3, 0.4) is 0 Å². The van der Waals surface area contributed by atoms with Gasteiger partial charge >= 0.3 is 0 Å². The van der Waals surface area contributed by atoms with Crippen molar-refractivity contribution in [3.63, 3.8) is 0 Å². The Kier molecular flexibility index (Phi) is 3.88. The Bertz CT molecular complexity index is 420. The summed E-state index contributed by atoms with van der Waals surface area (Å²) in [5.41, 5.74) is 7.41. The second-order valence-corrected chi connectivity index (χ2v) is 5.40. The first-order chi connectivity index (χ1) is 8.52. The monoisotopic (exact) mass is 251 g/mol. The maximum atomic E-state index is 14.0. The third kappa shape index (κ3) is 2.49. The van der Waals surface area contributed by atoms with Gasteiger partial charge in [0.15, 0.2) is 0 Å². The fourth-order valence-corrected chi connectivity index (χ4v) is 2.76. The van der Waals surface area contributed by atoms with Gasteiger partial charge in [-0.25, -0.2) is 4.39 Å². The Morgan fingerprint density at radius 2 is 2.17 bits per heavy atom. The molecule has 2 atom stereocenters. The smallest absolute Gasteiger partial charge is 0.146 e. The summed E-state index contributed by atoms with van der Waals surface area (Å²) in [6.07, 6.45) is 1.02. The van der Waals surface area contributed by atoms with Gasteiger partial charge in [-0.3, -0.25) is 4.90 Å². The van der Waals surface area contributed by atoms with Crippen molar-refractivity contribution < 1.29 is 4.39 Å². The first-order valence-electron chi connectivity index (χ1n) is 6.40. The summed E-state index contributed by atoms with van der Waals surface area (Å²) in [5.74, 6) is 0.374. The summed E-state index contributed by atoms with van der Waals surface area (Å²) in [6.45, 7) is 1.71. The highest BCUT2D eigenvalue weighted by molar-refractivity contribution is 5.48. The van der Waals surface area contributed by atoms with Crippen molar-refractivity contribution in [1.29, 1.82) is 0 Å². The average molecular weight is 251 g/mol. The van der Waals surface area contributed by atoms with E-state index < -0.39 is 0 Å². The first kappa shape index (κ1) is 13.3. The second-order valence-electron chi connectivity index (χ2n) is 5.40. The summed E-state index contributed by atoms with van der Waals surface area (Å²) in [7, 11) is 5.78. The first-order valence-corrected chi connectivity index (χ1v) is 6.40. The van der Waals surface area contributed by atoms with Crippen molar-refractivity contribution in [1.82, 2.24) is 4.90 Å². The summed E-state index contributed by atoms with van der Waals surface area (Å²) in [6, 6.07) is 5.84. The molecule has 18 heavy (non-hydrogen) atoms. The van der Waals surface area contributed by atoms with Crippen LogP contribution >= 0.6 is 0 Å². The summed E-state index contributed by atoms with van der Waals surface area (Å²) >= 11 is 0. The minimum absolute atomic E-state index is 0.151. The molecular weight excluding hydrogens is 229 g/mol. The highest BCUT2D eigenvalue weighted by atomic mass is 19.1. The van der Waals surface area contributed by atoms with E-state index in [9.17, 15) is 4.39 Å². The number of hydrogen-bond donors (Lipinski definition) is 1. The zero-order valence-electron chi connectivity index (χ0n) is 11.4. The topological polar surface area (TPSA) is 32.5 Å². The zero-order chi connectivity index (χ0) is 13.3. The fraction of sp³-hybridized carbons (Fsp3) is 0.571. The van der Waals surface area contributed by atoms with Gasteiger partial charge in [0.1, 0.15) is 5.82 Å². The normalized spacial score (nSPS) is 24.5. The van der Waals surface area contributed by atoms with Crippen LogP contribution in [0.25, 0.3) is 0 Å². The van der Waals surface area contributed by atoms with E-state index in [2.05, 4.69) is 11.9 Å². The Balaban J connectivity index is 2.22. The molecule has 4 heteroatoms. The number of nitrogens with zero attached hydrogens (tertiary/aromatic N) is 2. The Hall–Kier alpha value is -1.13. The minimum Gasteiger partial charge on any atom is -0.375 e. The van der Waals surface area contributed by atoms with E-state index in [1.807, 2.05) is 26.2 Å². The van der Waals surface area contributed by atoms with Gasteiger partial charge in [-0.15, -0.1) is 0 Å². The van der Waals surface area contributed by atoms with Crippen LogP contribution in [0.4, 0.5) is 10.1 Å². The second kappa shape index (κ2) is 5.24. The lowest BCUT2D eigenvalue weighted by molar-refractivity contribution is 0.313. The number of benzene rings is 1. The fourth-order valence-electron chi connectivity index (χ4n) is 2.76. The summed E-state index contributed by atoms with van der Waals surface area (Å²) in [5, 5.41) is 0. The lowest BCUT2D eigenvalue weighted by atomic mass is 9.99. The molecule has 0 spiro atoms. The van der Waals surface area contributed by atoms with E-state index in [1.165, 1.54) is 0 Å². The van der Waals surface area contributed by atoms with E-state index in [-0.39, 0.29) is 5.82 Å². The van der Waals surface area contributed by atoms with Crippen LogP contribution in [0.1, 0.15) is 18.0 Å². The van der Waals surface area contributed by atoms with Crippen LogP contribution in [-0.2, 0) is 0 Å². The van der Waals surface area contributed by atoms with Gasteiger partial charge in [0.2, 0.25) is 0 Å². The molecule has 100 valence electrons. The Morgan fingerprint density at radius 3 is 2.67 bits per heavy atom. The molecule has 0 aliphatic carbocycles. The highest BCUT2D eigenvalue weighted by Crippen LogP contribution is 2.35. The molecule has 1 aromatic carbocycles. The van der Waals surface area contributed by atoms with Crippen molar-refractivity contribution in [3.8, 4) is 0 Å². The molecule has 2 N–H and O–H groups in total. The molecule has 1 aliphatic heterocycles. The number of nitrogens with two attached hydrogens (primary N) is 1. The quantitative estimate of drug-likeness (QED) is 0.890. The number of halogens is 1. The van der Waals surface area contributed by atoms with Gasteiger partial charge in [0.05, 0.1) is 5.69 Å². The maximum absolute atomic E-state index is 14.0. The average Bonchev–Trinajstić information content (AvgIpc) is 2.70. The zero-order valence-corrected chi connectivity index (χ0v) is 11.4. The predicted molar refractivity (Wildman–Crippen MR) is 73.3 cm³/mol. The molecule has 0 bridgehead atoms. The van der Waals surface area contributed by atoms with E-state index in [4.69, 9.17) is 5.73 Å². The van der Waals surface area contributed by atoms with Crippen LogP contribution in [0, 0.1) is 11.7 Å². The molecule has 2 rings (SSSR count). The molecular formula is C14H22FN3. The van der Waals surface area contributed by atoms with Crippen LogP contribution in [0.15, 0.2) is 18.2 Å². The molecule has 0 amide bonds. The Labute approximate surface area is 108 Å². The number of rotatable bonds is 3. The van der Waals surface area contributed by atoms with Crippen LogP contribution in [0.5, 0.6) is 0 Å². The minimum atomic E-state index is -0.151. The highest BCUT2D eigenvalue weighted by Gasteiger charge is 2.30. The number of anilines is 1. The summed E-state index contributed by atoms with van der Waals surface area (Å²) in [4.78, 5) is 4.06. The molecule has 2 unspecified atom stereocenters. The molecule has 1 aliphatic rings. The van der Waals surface area contributed by atoms with Gasteiger partial charge in [-0.1, -0.05) is 6.07 Å². The van der Waals surface area contributed by atoms with E-state index in [0.717, 1.165) is 18.5 Å². The molecule has 1 aromatic rings. The SMILES string of the molecule is CN(C)c1ccc(C2CC(CN)CN2C)cc1F. The third-order valence-corrected chi connectivity index (χ3v) is 3.81. The van der Waals surface area contributed by atoms with E-state index in [0.29, 0.717) is 24.2 Å². The third-order valence-electron chi connectivity index (χ3n) is 3.81. The van der Waals surface area contributed by atoms with Gasteiger partial charge in [-0.2, -0.15) is 0 Å². The van der Waals surface area contributed by atoms with Crippen molar-refractivity contribution >= 4 is 5.69 Å². The molecule has 3 nitrogen and oxygen atoms in total. The lowest BCUT2D eigenvalue weighted by Gasteiger charge is -2.21. The van der Waals surface area contributed by atoms with Crippen molar-refractivity contribution in [3.05, 3.63) is 29.6 Å². The van der Waals surface area contributed by atoms with Crippen molar-refractivity contribution in [2.75, 3.05) is 39.1 Å². The lowest BCUT2D eigenvalue weighted by Crippen LogP contribution is -2.20. The van der Waals surface area contributed by atoms with Crippen molar-refractivity contribution in [2.24, 2.45) is 11.7 Å². The Morgan fingerprint density at radius 1 is 1.44 bits per heavy atom. The van der Waals surface area contributed by atoms with Gasteiger partial charge in [0.25, 0.3) is 0 Å². The van der Waals surface area contributed by atoms with Gasteiger partial charge in [0, 0.05) is 26.7 Å². The van der Waals surface area contributed by atoms with Crippen molar-refractivity contribution in [2.45, 2.75) is 12.5 Å². The predicted octanol–water partition coefficient (Wildman–Crippen LogP) is 1.84. The van der Waals surface area contributed by atoms with E-state index >= 15 is 0 Å². The standard InChI is InChI=1S/C14H22FN3/c1-17(2)13-5-4-11(7-12(13)15)14-6-10(8-16)9-18(14)3/h4-5,7,10,14H,6,8-9,16H2,1-3H3. The number of likely N-dealkylation sites (tertiary alicyclic amines) is 1.